The maximum atomic E-state index is 12.3. The van der Waals surface area contributed by atoms with Gasteiger partial charge in [0.2, 0.25) is 11.7 Å². The van der Waals surface area contributed by atoms with Gasteiger partial charge in [-0.15, -0.1) is 0 Å². The average Bonchev–Trinajstić information content (AvgIpc) is 2.88. The first-order valence-electron chi connectivity index (χ1n) is 7.25. The Morgan fingerprint density at radius 3 is 2.71 bits per heavy atom. The second kappa shape index (κ2) is 6.76. The molecule has 0 aromatic carbocycles. The number of hydrogen-bond acceptors (Lipinski definition) is 4. The molecule has 2 N–H and O–H groups in total. The van der Waals surface area contributed by atoms with E-state index in [1.807, 2.05) is 6.92 Å². The smallest absolute Gasteiger partial charge is 0.371 e. The molecule has 0 saturated heterocycles. The molecule has 1 aromatic rings. The summed E-state index contributed by atoms with van der Waals surface area (Å²) in [5.74, 6) is -0.782. The van der Waals surface area contributed by atoms with Gasteiger partial charge in [0.1, 0.15) is 5.76 Å². The van der Waals surface area contributed by atoms with Crippen molar-refractivity contribution in [3.8, 4) is 0 Å². The van der Waals surface area contributed by atoms with Crippen molar-refractivity contribution < 1.29 is 23.8 Å². The zero-order valence-electron chi connectivity index (χ0n) is 12.2. The van der Waals surface area contributed by atoms with E-state index in [1.165, 1.54) is 6.07 Å². The Labute approximate surface area is 123 Å². The largest absolute Gasteiger partial charge is 0.475 e. The Morgan fingerprint density at radius 1 is 1.43 bits per heavy atom. The Morgan fingerprint density at radius 2 is 2.19 bits per heavy atom. The molecule has 6 heteroatoms. The van der Waals surface area contributed by atoms with Crippen LogP contribution in [-0.2, 0) is 16.1 Å². The third kappa shape index (κ3) is 3.64. The van der Waals surface area contributed by atoms with Gasteiger partial charge in [-0.3, -0.25) is 4.79 Å². The normalized spacial score (nSPS) is 16.2. The van der Waals surface area contributed by atoms with Crippen molar-refractivity contribution in [2.45, 2.75) is 39.2 Å². The van der Waals surface area contributed by atoms with Gasteiger partial charge in [0, 0.05) is 13.2 Å². The fraction of sp³-hybridized carbons (Fsp3) is 0.600. The molecule has 1 aromatic heterocycles. The first-order valence-corrected chi connectivity index (χ1v) is 7.25. The number of hydrogen-bond donors (Lipinski definition) is 2. The lowest BCUT2D eigenvalue weighted by atomic mass is 9.66. The van der Waals surface area contributed by atoms with Crippen LogP contribution < -0.4 is 5.32 Å². The van der Waals surface area contributed by atoms with E-state index in [-0.39, 0.29) is 23.6 Å². The van der Waals surface area contributed by atoms with Gasteiger partial charge in [-0.2, -0.15) is 0 Å². The van der Waals surface area contributed by atoms with Crippen LogP contribution in [0.4, 0.5) is 0 Å². The molecule has 1 aliphatic rings. The van der Waals surface area contributed by atoms with Crippen LogP contribution in [0, 0.1) is 5.41 Å². The van der Waals surface area contributed by atoms with Crippen LogP contribution in [0.5, 0.6) is 0 Å². The maximum Gasteiger partial charge on any atom is 0.371 e. The molecule has 21 heavy (non-hydrogen) atoms. The van der Waals surface area contributed by atoms with E-state index in [1.54, 1.807) is 6.07 Å². The Hall–Kier alpha value is -1.82. The van der Waals surface area contributed by atoms with Gasteiger partial charge >= 0.3 is 5.97 Å². The van der Waals surface area contributed by atoms with Gasteiger partial charge in [0.05, 0.1) is 12.0 Å². The summed E-state index contributed by atoms with van der Waals surface area (Å²) in [7, 11) is 0. The minimum Gasteiger partial charge on any atom is -0.475 e. The second-order valence-corrected chi connectivity index (χ2v) is 5.33. The number of rotatable bonds is 8. The van der Waals surface area contributed by atoms with E-state index in [9.17, 15) is 9.59 Å². The summed E-state index contributed by atoms with van der Waals surface area (Å²) in [6, 6.07) is 2.95. The summed E-state index contributed by atoms with van der Waals surface area (Å²) in [6.07, 6.45) is 3.55. The van der Waals surface area contributed by atoms with Gasteiger partial charge in [0.15, 0.2) is 0 Å². The highest BCUT2D eigenvalue weighted by Crippen LogP contribution is 2.44. The molecule has 2 rings (SSSR count). The molecule has 0 atom stereocenters. The van der Waals surface area contributed by atoms with E-state index < -0.39 is 5.97 Å². The van der Waals surface area contributed by atoms with Crippen LogP contribution in [0.15, 0.2) is 16.5 Å². The molecule has 1 heterocycles. The molecule has 0 spiro atoms. The van der Waals surface area contributed by atoms with Gasteiger partial charge in [-0.05, 0) is 38.3 Å². The molecule has 1 aliphatic carbocycles. The highest BCUT2D eigenvalue weighted by Gasteiger charge is 2.43. The van der Waals surface area contributed by atoms with Crippen molar-refractivity contribution in [2.24, 2.45) is 5.41 Å². The zero-order chi connectivity index (χ0) is 15.3. The summed E-state index contributed by atoms with van der Waals surface area (Å²) < 4.78 is 10.5. The number of furan rings is 1. The lowest BCUT2D eigenvalue weighted by molar-refractivity contribution is -0.138. The standard InChI is InChI=1S/C15H21NO5/c1-2-20-9-8-15(6-3-7-15)14(19)16-10-11-4-5-12(21-11)13(17)18/h4-5H,2-3,6-10H2,1H3,(H,16,19)(H,17,18). The highest BCUT2D eigenvalue weighted by molar-refractivity contribution is 5.84. The second-order valence-electron chi connectivity index (χ2n) is 5.33. The van der Waals surface area contributed by atoms with Crippen LogP contribution in [0.25, 0.3) is 0 Å². The summed E-state index contributed by atoms with van der Waals surface area (Å²) in [5.41, 5.74) is -0.322. The number of carboxylic acid groups (broad SMARTS) is 1. The maximum absolute atomic E-state index is 12.3. The molecule has 0 radical (unpaired) electrons. The van der Waals surface area contributed by atoms with E-state index in [0.717, 1.165) is 25.7 Å². The number of aromatic carboxylic acids is 1. The number of carbonyl (C=O) groups excluding carboxylic acids is 1. The molecule has 0 aliphatic heterocycles. The number of ether oxygens (including phenoxy) is 1. The fourth-order valence-electron chi connectivity index (χ4n) is 2.55. The van der Waals surface area contributed by atoms with Crippen LogP contribution in [0.1, 0.15) is 48.9 Å². The minimum atomic E-state index is -1.11. The summed E-state index contributed by atoms with van der Waals surface area (Å²) in [6.45, 7) is 3.39. The quantitative estimate of drug-likeness (QED) is 0.718. The van der Waals surface area contributed by atoms with Gasteiger partial charge < -0.3 is 19.6 Å². The van der Waals surface area contributed by atoms with Crippen molar-refractivity contribution in [1.29, 1.82) is 0 Å². The predicted octanol–water partition coefficient (Wildman–Crippen LogP) is 2.19. The topological polar surface area (TPSA) is 88.8 Å². The molecular formula is C15H21NO5. The third-order valence-electron chi connectivity index (χ3n) is 4.02. The first-order chi connectivity index (χ1) is 10.1. The van der Waals surface area contributed by atoms with Gasteiger partial charge in [0.25, 0.3) is 0 Å². The van der Waals surface area contributed by atoms with Crippen LogP contribution in [0.2, 0.25) is 0 Å². The number of carbonyl (C=O) groups is 2. The lowest BCUT2D eigenvalue weighted by Crippen LogP contribution is -2.46. The number of carboxylic acids is 1. The van der Waals surface area contributed by atoms with E-state index >= 15 is 0 Å². The SMILES string of the molecule is CCOCCC1(C(=O)NCc2ccc(C(=O)O)o2)CCC1. The van der Waals surface area contributed by atoms with E-state index in [0.29, 0.717) is 19.0 Å². The minimum absolute atomic E-state index is 0.00160. The molecule has 6 nitrogen and oxygen atoms in total. The first kappa shape index (κ1) is 15.6. The van der Waals surface area contributed by atoms with Crippen LogP contribution in [0.3, 0.4) is 0 Å². The van der Waals surface area contributed by atoms with Crippen molar-refractivity contribution in [1.82, 2.24) is 5.32 Å². The number of nitrogens with one attached hydrogen (secondary N) is 1. The molecule has 116 valence electrons. The molecule has 1 saturated carbocycles. The molecule has 0 bridgehead atoms. The Kier molecular flexibility index (Phi) is 5.01. The summed E-state index contributed by atoms with van der Waals surface area (Å²) >= 11 is 0. The van der Waals surface area contributed by atoms with E-state index in [2.05, 4.69) is 5.32 Å². The molecule has 0 unspecified atom stereocenters. The van der Waals surface area contributed by atoms with Crippen LogP contribution >= 0.6 is 0 Å². The average molecular weight is 295 g/mol. The molecule has 1 fully saturated rings. The number of amides is 1. The van der Waals surface area contributed by atoms with Crippen molar-refractivity contribution in [3.63, 3.8) is 0 Å². The van der Waals surface area contributed by atoms with Crippen molar-refractivity contribution >= 4 is 11.9 Å². The Bertz CT molecular complexity index is 504. The van der Waals surface area contributed by atoms with Gasteiger partial charge in [-0.25, -0.2) is 4.79 Å². The fourth-order valence-corrected chi connectivity index (χ4v) is 2.55. The molecular weight excluding hydrogens is 274 g/mol. The zero-order valence-corrected chi connectivity index (χ0v) is 12.2. The Balaban J connectivity index is 1.86. The van der Waals surface area contributed by atoms with Gasteiger partial charge in [-0.1, -0.05) is 6.42 Å². The van der Waals surface area contributed by atoms with Crippen molar-refractivity contribution in [3.05, 3.63) is 23.7 Å². The lowest BCUT2D eigenvalue weighted by Gasteiger charge is -2.40. The predicted molar refractivity (Wildman–Crippen MR) is 74.9 cm³/mol. The third-order valence-corrected chi connectivity index (χ3v) is 4.02. The summed E-state index contributed by atoms with van der Waals surface area (Å²) in [4.78, 5) is 23.0. The van der Waals surface area contributed by atoms with Crippen molar-refractivity contribution in [2.75, 3.05) is 13.2 Å². The monoisotopic (exact) mass is 295 g/mol. The molecule has 1 amide bonds. The summed E-state index contributed by atoms with van der Waals surface area (Å²) in [5, 5.41) is 11.6. The van der Waals surface area contributed by atoms with Crippen LogP contribution in [-0.4, -0.2) is 30.2 Å². The van der Waals surface area contributed by atoms with E-state index in [4.69, 9.17) is 14.3 Å². The highest BCUT2D eigenvalue weighted by atomic mass is 16.5.